The molecule has 1 aromatic heterocycles. The fourth-order valence-corrected chi connectivity index (χ4v) is 5.28. The number of ether oxygens (including phenoxy) is 1. The van der Waals surface area contributed by atoms with E-state index >= 15 is 0 Å². The molecule has 0 aliphatic rings. The summed E-state index contributed by atoms with van der Waals surface area (Å²) in [5, 5.41) is 11.2. The molecule has 1 heterocycles. The molecular weight excluding hydrogens is 514 g/mol. The number of nitrogens with zero attached hydrogens (tertiary/aromatic N) is 3. The van der Waals surface area contributed by atoms with Crippen molar-refractivity contribution < 1.29 is 18.1 Å². The summed E-state index contributed by atoms with van der Waals surface area (Å²) in [5.74, 6) is 0.656. The molecule has 0 amide bonds. The molecule has 0 saturated heterocycles. The second kappa shape index (κ2) is 12.0. The molecule has 4 aromatic rings. The Balaban J connectivity index is 1.55. The smallest absolute Gasteiger partial charge is 0.289 e. The number of aromatic nitrogens is 1. The van der Waals surface area contributed by atoms with E-state index in [1.165, 1.54) is 16.4 Å². The van der Waals surface area contributed by atoms with Crippen LogP contribution in [0.15, 0.2) is 102 Å². The van der Waals surface area contributed by atoms with E-state index < -0.39 is 20.6 Å². The van der Waals surface area contributed by atoms with Crippen LogP contribution in [-0.4, -0.2) is 29.2 Å². The molecule has 10 heteroatoms. The number of hydrogen-bond acceptors (Lipinski definition) is 6. The third kappa shape index (κ3) is 6.91. The van der Waals surface area contributed by atoms with Gasteiger partial charge in [0.1, 0.15) is 17.4 Å². The summed E-state index contributed by atoms with van der Waals surface area (Å²) in [6.45, 7) is 0.604. The van der Waals surface area contributed by atoms with Crippen molar-refractivity contribution in [1.29, 1.82) is 0 Å². The van der Waals surface area contributed by atoms with E-state index in [-0.39, 0.29) is 23.0 Å². The van der Waals surface area contributed by atoms with Gasteiger partial charge in [0.05, 0.1) is 9.82 Å². The number of hydrogen-bond donors (Lipinski definition) is 0. The lowest BCUT2D eigenvalue weighted by molar-refractivity contribution is -0.384. The van der Waals surface area contributed by atoms with Gasteiger partial charge in [-0.2, -0.15) is 4.31 Å². The Bertz CT molecular complexity index is 1450. The van der Waals surface area contributed by atoms with Crippen LogP contribution < -0.4 is 4.74 Å². The molecule has 190 valence electrons. The van der Waals surface area contributed by atoms with Gasteiger partial charge in [-0.05, 0) is 47.5 Å². The highest BCUT2D eigenvalue weighted by Crippen LogP contribution is 2.29. The average molecular weight is 538 g/mol. The summed E-state index contributed by atoms with van der Waals surface area (Å²) in [6.07, 6.45) is 2.01. The summed E-state index contributed by atoms with van der Waals surface area (Å²) in [5.41, 5.74) is 2.04. The fraction of sp³-hybridized carbons (Fsp3) is 0.148. The summed E-state index contributed by atoms with van der Waals surface area (Å²) in [6, 6.07) is 25.9. The maximum absolute atomic E-state index is 13.6. The van der Waals surface area contributed by atoms with Gasteiger partial charge in [0.15, 0.2) is 0 Å². The van der Waals surface area contributed by atoms with Crippen LogP contribution >= 0.6 is 11.6 Å². The summed E-state index contributed by atoms with van der Waals surface area (Å²) in [7, 11) is -4.09. The van der Waals surface area contributed by atoms with Gasteiger partial charge in [0, 0.05) is 37.5 Å². The molecule has 0 spiro atoms. The van der Waals surface area contributed by atoms with Gasteiger partial charge in [-0.25, -0.2) is 8.42 Å². The Morgan fingerprint density at radius 2 is 1.65 bits per heavy atom. The largest absolute Gasteiger partial charge is 0.489 e. The highest BCUT2D eigenvalue weighted by Gasteiger charge is 2.27. The normalized spacial score (nSPS) is 11.4. The monoisotopic (exact) mass is 537 g/mol. The van der Waals surface area contributed by atoms with Gasteiger partial charge in [0.2, 0.25) is 10.0 Å². The van der Waals surface area contributed by atoms with Gasteiger partial charge in [-0.15, -0.1) is 0 Å². The number of benzene rings is 3. The highest BCUT2D eigenvalue weighted by atomic mass is 35.5. The van der Waals surface area contributed by atoms with Crippen molar-refractivity contribution in [3.05, 3.63) is 129 Å². The molecule has 0 unspecified atom stereocenters. The first kappa shape index (κ1) is 26.3. The molecule has 0 aliphatic carbocycles. The van der Waals surface area contributed by atoms with Crippen molar-refractivity contribution in [1.82, 2.24) is 9.29 Å². The van der Waals surface area contributed by atoms with E-state index in [2.05, 4.69) is 4.98 Å². The molecule has 0 saturated carbocycles. The standard InChI is InChI=1S/C27H24ClN3O5S/c28-26-14-13-25(18-27(26)31(32)33)37(34,35)30(17-15-23-8-4-5-16-29-23)19-21-9-11-24(12-10-21)36-20-22-6-2-1-3-7-22/h1-14,16,18H,15,17,19-20H2. The van der Waals surface area contributed by atoms with Crippen LogP contribution in [0.25, 0.3) is 0 Å². The number of nitro benzene ring substituents is 1. The molecule has 0 bridgehead atoms. The minimum Gasteiger partial charge on any atom is -0.489 e. The Hall–Kier alpha value is -3.79. The molecule has 37 heavy (non-hydrogen) atoms. The molecule has 0 atom stereocenters. The lowest BCUT2D eigenvalue weighted by Crippen LogP contribution is -2.32. The van der Waals surface area contributed by atoms with Crippen LogP contribution in [0.5, 0.6) is 5.75 Å². The molecule has 4 rings (SSSR count). The zero-order chi connectivity index (χ0) is 26.3. The maximum Gasteiger partial charge on any atom is 0.289 e. The minimum absolute atomic E-state index is 0.0601. The molecule has 0 fully saturated rings. The third-order valence-corrected chi connectivity index (χ3v) is 7.79. The van der Waals surface area contributed by atoms with Crippen LogP contribution in [0.1, 0.15) is 16.8 Å². The van der Waals surface area contributed by atoms with Crippen molar-refractivity contribution in [2.24, 2.45) is 0 Å². The first-order valence-electron chi connectivity index (χ1n) is 11.4. The Morgan fingerprint density at radius 3 is 2.32 bits per heavy atom. The number of halogens is 1. The molecule has 8 nitrogen and oxygen atoms in total. The molecule has 0 radical (unpaired) electrons. The molecule has 0 N–H and O–H groups in total. The molecule has 3 aromatic carbocycles. The summed E-state index contributed by atoms with van der Waals surface area (Å²) >= 11 is 5.90. The van der Waals surface area contributed by atoms with Crippen LogP contribution in [0, 0.1) is 10.1 Å². The average Bonchev–Trinajstić information content (AvgIpc) is 2.91. The summed E-state index contributed by atoms with van der Waals surface area (Å²) in [4.78, 5) is 14.7. The van der Waals surface area contributed by atoms with Crippen LogP contribution in [0.4, 0.5) is 5.69 Å². The van der Waals surface area contributed by atoms with E-state index in [9.17, 15) is 18.5 Å². The van der Waals surface area contributed by atoms with Gasteiger partial charge in [-0.3, -0.25) is 15.1 Å². The van der Waals surface area contributed by atoms with Gasteiger partial charge in [-0.1, -0.05) is 60.1 Å². The number of rotatable bonds is 11. The second-order valence-electron chi connectivity index (χ2n) is 8.20. The van der Waals surface area contributed by atoms with Crippen molar-refractivity contribution >= 4 is 27.3 Å². The Morgan fingerprint density at radius 1 is 0.919 bits per heavy atom. The van der Waals surface area contributed by atoms with E-state index in [0.29, 0.717) is 18.8 Å². The van der Waals surface area contributed by atoms with Crippen molar-refractivity contribution in [3.8, 4) is 5.75 Å². The number of pyridine rings is 1. The van der Waals surface area contributed by atoms with Gasteiger partial charge >= 0.3 is 0 Å². The van der Waals surface area contributed by atoms with Crippen molar-refractivity contribution in [2.45, 2.75) is 24.5 Å². The van der Waals surface area contributed by atoms with Crippen molar-refractivity contribution in [2.75, 3.05) is 6.54 Å². The van der Waals surface area contributed by atoms with Crippen LogP contribution in [0.2, 0.25) is 5.02 Å². The third-order valence-electron chi connectivity index (χ3n) is 5.63. The SMILES string of the molecule is O=[N+]([O-])c1cc(S(=O)(=O)N(CCc2ccccn2)Cc2ccc(OCc3ccccc3)cc2)ccc1Cl. The van der Waals surface area contributed by atoms with E-state index in [0.717, 1.165) is 22.9 Å². The van der Waals surface area contributed by atoms with Crippen LogP contribution in [0.3, 0.4) is 0 Å². The lowest BCUT2D eigenvalue weighted by atomic mass is 10.2. The highest BCUT2D eigenvalue weighted by molar-refractivity contribution is 7.89. The molecule has 0 aliphatic heterocycles. The second-order valence-corrected chi connectivity index (χ2v) is 10.5. The van der Waals surface area contributed by atoms with E-state index in [4.69, 9.17) is 16.3 Å². The first-order chi connectivity index (χ1) is 17.8. The maximum atomic E-state index is 13.6. The van der Waals surface area contributed by atoms with Crippen LogP contribution in [-0.2, 0) is 29.6 Å². The summed E-state index contributed by atoms with van der Waals surface area (Å²) < 4.78 is 34.3. The van der Waals surface area contributed by atoms with Crippen molar-refractivity contribution in [3.63, 3.8) is 0 Å². The quantitative estimate of drug-likeness (QED) is 0.181. The number of nitro groups is 1. The Labute approximate surface area is 220 Å². The topological polar surface area (TPSA) is 103 Å². The Kier molecular flexibility index (Phi) is 8.50. The zero-order valence-corrected chi connectivity index (χ0v) is 21.3. The lowest BCUT2D eigenvalue weighted by Gasteiger charge is -2.22. The molecular formula is C27H24ClN3O5S. The van der Waals surface area contributed by atoms with Gasteiger partial charge in [0.25, 0.3) is 5.69 Å². The predicted molar refractivity (Wildman–Crippen MR) is 141 cm³/mol. The fourth-order valence-electron chi connectivity index (χ4n) is 3.65. The minimum atomic E-state index is -4.09. The van der Waals surface area contributed by atoms with Gasteiger partial charge < -0.3 is 4.74 Å². The first-order valence-corrected chi connectivity index (χ1v) is 13.2. The van der Waals surface area contributed by atoms with E-state index in [1.54, 1.807) is 36.5 Å². The predicted octanol–water partition coefficient (Wildman–Crippen LogP) is 5.66. The zero-order valence-electron chi connectivity index (χ0n) is 19.7. The van der Waals surface area contributed by atoms with E-state index in [1.807, 2.05) is 42.5 Å². The number of sulfonamides is 1.